The maximum atomic E-state index is 8.88. The van der Waals surface area contributed by atoms with E-state index in [-0.39, 0.29) is 13.2 Å². The maximum absolute atomic E-state index is 8.88. The Morgan fingerprint density at radius 1 is 1.29 bits per heavy atom. The molecule has 0 aromatic heterocycles. The first-order valence-corrected chi connectivity index (χ1v) is 7.88. The highest BCUT2D eigenvalue weighted by Crippen LogP contribution is 2.32. The van der Waals surface area contributed by atoms with Crippen molar-refractivity contribution in [1.29, 1.82) is 0 Å². The molecule has 1 aliphatic carbocycles. The maximum Gasteiger partial charge on any atom is 0.163 e. The lowest BCUT2D eigenvalue weighted by Crippen LogP contribution is -2.21. The Morgan fingerprint density at radius 2 is 2.14 bits per heavy atom. The van der Waals surface area contributed by atoms with E-state index in [2.05, 4.69) is 12.2 Å². The van der Waals surface area contributed by atoms with E-state index in [4.69, 9.17) is 14.6 Å². The van der Waals surface area contributed by atoms with Gasteiger partial charge in [0.2, 0.25) is 0 Å². The summed E-state index contributed by atoms with van der Waals surface area (Å²) >= 11 is 0. The summed E-state index contributed by atoms with van der Waals surface area (Å²) in [6.45, 7) is 3.64. The summed E-state index contributed by atoms with van der Waals surface area (Å²) < 4.78 is 10.8. The minimum Gasteiger partial charge on any atom is -0.493 e. The van der Waals surface area contributed by atoms with Gasteiger partial charge in [0.1, 0.15) is 6.61 Å². The summed E-state index contributed by atoms with van der Waals surface area (Å²) in [4.78, 5) is 0. The Balaban J connectivity index is 1.93. The van der Waals surface area contributed by atoms with E-state index < -0.39 is 0 Å². The molecule has 4 heteroatoms. The number of anilines is 1. The van der Waals surface area contributed by atoms with Crippen molar-refractivity contribution in [3.05, 3.63) is 18.2 Å². The van der Waals surface area contributed by atoms with Crippen LogP contribution in [0.5, 0.6) is 11.5 Å². The summed E-state index contributed by atoms with van der Waals surface area (Å²) in [6.07, 6.45) is 5.36. The van der Waals surface area contributed by atoms with Crippen LogP contribution >= 0.6 is 0 Å². The Bertz CT molecular complexity index is 436. The monoisotopic (exact) mass is 293 g/mol. The number of aliphatic hydroxyl groups excluding tert-OH is 1. The van der Waals surface area contributed by atoms with Gasteiger partial charge in [-0.15, -0.1) is 0 Å². The van der Waals surface area contributed by atoms with Gasteiger partial charge < -0.3 is 19.9 Å². The summed E-state index contributed by atoms with van der Waals surface area (Å²) in [5.74, 6) is 2.98. The second kappa shape index (κ2) is 8.13. The summed E-state index contributed by atoms with van der Waals surface area (Å²) in [5, 5.41) is 12.4. The van der Waals surface area contributed by atoms with Gasteiger partial charge in [0.25, 0.3) is 0 Å². The molecular formula is C17H27NO3. The number of methoxy groups -OCH3 is 1. The molecule has 2 N–H and O–H groups in total. The average molecular weight is 293 g/mol. The highest BCUT2D eigenvalue weighted by atomic mass is 16.5. The summed E-state index contributed by atoms with van der Waals surface area (Å²) in [7, 11) is 1.62. The number of rotatable bonds is 7. The van der Waals surface area contributed by atoms with Crippen LogP contribution in [-0.4, -0.2) is 32.0 Å². The normalized spacial score (nSPS) is 21.9. The van der Waals surface area contributed by atoms with Crippen LogP contribution in [0.1, 0.15) is 32.6 Å². The van der Waals surface area contributed by atoms with Gasteiger partial charge in [0, 0.05) is 18.3 Å². The largest absolute Gasteiger partial charge is 0.493 e. The van der Waals surface area contributed by atoms with Gasteiger partial charge in [-0.3, -0.25) is 0 Å². The topological polar surface area (TPSA) is 50.7 Å². The van der Waals surface area contributed by atoms with Crippen molar-refractivity contribution in [2.45, 2.75) is 32.6 Å². The molecular weight excluding hydrogens is 266 g/mol. The Kier molecular flexibility index (Phi) is 6.18. The van der Waals surface area contributed by atoms with Crippen LogP contribution in [-0.2, 0) is 0 Å². The highest BCUT2D eigenvalue weighted by Gasteiger charge is 2.18. The quantitative estimate of drug-likeness (QED) is 0.810. The third-order valence-corrected chi connectivity index (χ3v) is 4.15. The Hall–Kier alpha value is -1.42. The second-order valence-electron chi connectivity index (χ2n) is 5.96. The zero-order valence-corrected chi connectivity index (χ0v) is 13.1. The molecule has 0 radical (unpaired) electrons. The van der Waals surface area contributed by atoms with Gasteiger partial charge in [-0.1, -0.05) is 19.8 Å². The first kappa shape index (κ1) is 16.0. The van der Waals surface area contributed by atoms with Crippen molar-refractivity contribution in [3.8, 4) is 11.5 Å². The second-order valence-corrected chi connectivity index (χ2v) is 5.96. The SMILES string of the molecule is COc1ccc(NCC2CCCC(C)C2)cc1OCCO. The van der Waals surface area contributed by atoms with Gasteiger partial charge in [-0.25, -0.2) is 0 Å². The molecule has 1 aliphatic rings. The molecule has 0 spiro atoms. The molecule has 0 bridgehead atoms. The number of hydrogen-bond acceptors (Lipinski definition) is 4. The number of hydrogen-bond donors (Lipinski definition) is 2. The molecule has 0 saturated heterocycles. The fourth-order valence-corrected chi connectivity index (χ4v) is 3.06. The van der Waals surface area contributed by atoms with Crippen LogP contribution in [0.3, 0.4) is 0 Å². The zero-order valence-electron chi connectivity index (χ0n) is 13.1. The summed E-state index contributed by atoms with van der Waals surface area (Å²) in [5.41, 5.74) is 1.04. The van der Waals surface area contributed by atoms with Crippen molar-refractivity contribution in [2.24, 2.45) is 11.8 Å². The van der Waals surface area contributed by atoms with Crippen molar-refractivity contribution < 1.29 is 14.6 Å². The molecule has 0 heterocycles. The molecule has 2 atom stereocenters. The van der Waals surface area contributed by atoms with Crippen molar-refractivity contribution >= 4 is 5.69 Å². The molecule has 0 aliphatic heterocycles. The van der Waals surface area contributed by atoms with E-state index in [1.165, 1.54) is 25.7 Å². The van der Waals surface area contributed by atoms with Gasteiger partial charge in [0.05, 0.1) is 13.7 Å². The highest BCUT2D eigenvalue weighted by molar-refractivity contribution is 5.54. The predicted octanol–water partition coefficient (Wildman–Crippen LogP) is 3.30. The smallest absolute Gasteiger partial charge is 0.163 e. The molecule has 2 rings (SSSR count). The van der Waals surface area contributed by atoms with Gasteiger partial charge in [-0.05, 0) is 36.8 Å². The van der Waals surface area contributed by atoms with E-state index in [1.807, 2.05) is 18.2 Å². The van der Waals surface area contributed by atoms with Gasteiger partial charge >= 0.3 is 0 Å². The molecule has 2 unspecified atom stereocenters. The number of aliphatic hydroxyl groups is 1. The summed E-state index contributed by atoms with van der Waals surface area (Å²) in [6, 6.07) is 5.86. The molecule has 21 heavy (non-hydrogen) atoms. The third-order valence-electron chi connectivity index (χ3n) is 4.15. The fourth-order valence-electron chi connectivity index (χ4n) is 3.06. The van der Waals surface area contributed by atoms with Crippen molar-refractivity contribution in [1.82, 2.24) is 0 Å². The number of benzene rings is 1. The number of ether oxygens (including phenoxy) is 2. The van der Waals surface area contributed by atoms with E-state index >= 15 is 0 Å². The van der Waals surface area contributed by atoms with Crippen LogP contribution in [0.2, 0.25) is 0 Å². The first-order valence-electron chi connectivity index (χ1n) is 7.88. The van der Waals surface area contributed by atoms with Crippen LogP contribution in [0, 0.1) is 11.8 Å². The zero-order chi connectivity index (χ0) is 15.1. The molecule has 1 saturated carbocycles. The van der Waals surface area contributed by atoms with Crippen LogP contribution in [0.15, 0.2) is 18.2 Å². The average Bonchev–Trinajstić information content (AvgIpc) is 2.51. The van der Waals surface area contributed by atoms with Crippen LogP contribution in [0.4, 0.5) is 5.69 Å². The fraction of sp³-hybridized carbons (Fsp3) is 0.647. The minimum absolute atomic E-state index is 0.000767. The molecule has 0 amide bonds. The minimum atomic E-state index is 0.000767. The molecule has 1 aromatic rings. The molecule has 1 aromatic carbocycles. The molecule has 4 nitrogen and oxygen atoms in total. The predicted molar refractivity (Wildman–Crippen MR) is 85.2 cm³/mol. The van der Waals surface area contributed by atoms with E-state index in [1.54, 1.807) is 7.11 Å². The van der Waals surface area contributed by atoms with E-state index in [9.17, 15) is 0 Å². The standard InChI is InChI=1S/C17H27NO3/c1-13-4-3-5-14(10-13)12-18-15-6-7-16(20-2)17(11-15)21-9-8-19/h6-7,11,13-14,18-19H,3-5,8-10,12H2,1-2H3. The lowest BCUT2D eigenvalue weighted by atomic mass is 9.82. The van der Waals surface area contributed by atoms with E-state index in [0.717, 1.165) is 24.1 Å². The van der Waals surface area contributed by atoms with E-state index in [0.29, 0.717) is 11.5 Å². The van der Waals surface area contributed by atoms with Gasteiger partial charge in [0.15, 0.2) is 11.5 Å². The van der Waals surface area contributed by atoms with Crippen molar-refractivity contribution in [2.75, 3.05) is 32.2 Å². The van der Waals surface area contributed by atoms with Crippen LogP contribution < -0.4 is 14.8 Å². The molecule has 118 valence electrons. The Labute approximate surface area is 127 Å². The number of nitrogens with one attached hydrogen (secondary N) is 1. The van der Waals surface area contributed by atoms with Gasteiger partial charge in [-0.2, -0.15) is 0 Å². The Morgan fingerprint density at radius 3 is 2.86 bits per heavy atom. The van der Waals surface area contributed by atoms with Crippen LogP contribution in [0.25, 0.3) is 0 Å². The first-order chi connectivity index (χ1) is 10.2. The van der Waals surface area contributed by atoms with Crippen molar-refractivity contribution in [3.63, 3.8) is 0 Å². The third kappa shape index (κ3) is 4.81. The molecule has 1 fully saturated rings. The lowest BCUT2D eigenvalue weighted by Gasteiger charge is -2.27. The lowest BCUT2D eigenvalue weighted by molar-refractivity contribution is 0.196.